The van der Waals surface area contributed by atoms with Crippen molar-refractivity contribution in [3.05, 3.63) is 11.9 Å². The Hall–Kier alpha value is -0.360. The van der Waals surface area contributed by atoms with Crippen LogP contribution in [0.15, 0.2) is 6.20 Å². The molecule has 1 atom stereocenters. The van der Waals surface area contributed by atoms with Crippen molar-refractivity contribution < 1.29 is 0 Å². The molecule has 0 N–H and O–H groups in total. The summed E-state index contributed by atoms with van der Waals surface area (Å²) in [6, 6.07) is 0. The third-order valence-corrected chi connectivity index (χ3v) is 2.63. The minimum atomic E-state index is 0.459. The second-order valence-electron chi connectivity index (χ2n) is 3.13. The second-order valence-corrected chi connectivity index (χ2v) is 3.81. The Balaban J connectivity index is 1.96. The first kappa shape index (κ1) is 9.73. The Kier molecular flexibility index (Phi) is 5.02. The van der Waals surface area contributed by atoms with Gasteiger partial charge in [0.05, 0.1) is 20.4 Å². The number of rotatable bonds is 6. The van der Waals surface area contributed by atoms with Gasteiger partial charge in [-0.2, -0.15) is 0 Å². The lowest BCUT2D eigenvalue weighted by atomic mass is 10.1. The van der Waals surface area contributed by atoms with Crippen molar-refractivity contribution in [2.75, 3.05) is 0 Å². The van der Waals surface area contributed by atoms with Gasteiger partial charge in [0.2, 0.25) is 0 Å². The molecule has 12 heavy (non-hydrogen) atoms. The summed E-state index contributed by atoms with van der Waals surface area (Å²) < 4.78 is 8.35. The molecule has 1 unspecified atom stereocenters. The van der Waals surface area contributed by atoms with E-state index < -0.39 is 0 Å². The Morgan fingerprint density at radius 1 is 1.25 bits per heavy atom. The summed E-state index contributed by atoms with van der Waals surface area (Å²) >= 11 is 0. The summed E-state index contributed by atoms with van der Waals surface area (Å²) in [4.78, 5) is 0. The fourth-order valence-electron chi connectivity index (χ4n) is 1.26. The molecule has 0 saturated carbocycles. The summed E-state index contributed by atoms with van der Waals surface area (Å²) in [6.07, 6.45) is 9.78. The second kappa shape index (κ2) is 6.19. The molecule has 2 nitrogen and oxygen atoms in total. The van der Waals surface area contributed by atoms with Crippen molar-refractivity contribution in [3.8, 4) is 0 Å². The first-order chi connectivity index (χ1) is 5.93. The molecule has 0 bridgehead atoms. The van der Waals surface area contributed by atoms with E-state index in [1.807, 2.05) is 6.20 Å². The number of hydrogen-bond donors (Lipinski definition) is 0. The molecule has 0 aromatic carbocycles. The molecule has 0 aliphatic rings. The van der Waals surface area contributed by atoms with Crippen LogP contribution in [0.1, 0.15) is 44.7 Å². The number of nitrogens with zero attached hydrogens (tertiary/aromatic N) is 2. The molecule has 0 saturated heterocycles. The van der Waals surface area contributed by atoms with Crippen LogP contribution in [0.5, 0.6) is 0 Å². The van der Waals surface area contributed by atoms with E-state index in [2.05, 4.69) is 16.4 Å². The van der Waals surface area contributed by atoms with Gasteiger partial charge in [-0.3, -0.25) is 0 Å². The van der Waals surface area contributed by atoms with Gasteiger partial charge in [0.25, 0.3) is 0 Å². The molecular formula is C9H17N2P. The predicted octanol–water partition coefficient (Wildman–Crippen LogP) is 3.02. The van der Waals surface area contributed by atoms with Crippen LogP contribution in [0, 0.1) is 0 Å². The fourth-order valence-corrected chi connectivity index (χ4v) is 1.82. The van der Waals surface area contributed by atoms with Crippen molar-refractivity contribution >= 4 is 8.51 Å². The first-order valence-corrected chi connectivity index (χ1v) is 5.67. The van der Waals surface area contributed by atoms with Crippen molar-refractivity contribution in [1.82, 2.24) is 9.49 Å². The fraction of sp³-hybridized carbons (Fsp3) is 0.778. The van der Waals surface area contributed by atoms with Gasteiger partial charge >= 0.3 is 0 Å². The SMILES string of the molecule is CCCCCCCc1cn[pH]n1. The third-order valence-electron chi connectivity index (χ3n) is 2.00. The van der Waals surface area contributed by atoms with E-state index in [0.717, 1.165) is 6.42 Å². The highest BCUT2D eigenvalue weighted by Crippen LogP contribution is 2.08. The van der Waals surface area contributed by atoms with Crippen LogP contribution < -0.4 is 0 Å². The van der Waals surface area contributed by atoms with Crippen LogP contribution >= 0.6 is 8.51 Å². The average molecular weight is 184 g/mol. The van der Waals surface area contributed by atoms with Gasteiger partial charge in [0.1, 0.15) is 0 Å². The summed E-state index contributed by atoms with van der Waals surface area (Å²) in [5.41, 5.74) is 1.21. The maximum Gasteiger partial charge on any atom is 0.0646 e. The molecule has 1 aromatic heterocycles. The zero-order valence-corrected chi connectivity index (χ0v) is 8.71. The van der Waals surface area contributed by atoms with Crippen molar-refractivity contribution in [3.63, 3.8) is 0 Å². The zero-order chi connectivity index (χ0) is 8.65. The van der Waals surface area contributed by atoms with Crippen molar-refractivity contribution in [1.29, 1.82) is 0 Å². The molecule has 3 heteroatoms. The minimum Gasteiger partial charge on any atom is -0.228 e. The lowest BCUT2D eigenvalue weighted by Gasteiger charge is -1.96. The van der Waals surface area contributed by atoms with Gasteiger partial charge in [-0.1, -0.05) is 32.6 Å². The van der Waals surface area contributed by atoms with Gasteiger partial charge in [0.15, 0.2) is 0 Å². The van der Waals surface area contributed by atoms with E-state index in [-0.39, 0.29) is 0 Å². The largest absolute Gasteiger partial charge is 0.228 e. The monoisotopic (exact) mass is 184 g/mol. The molecule has 1 heterocycles. The lowest BCUT2D eigenvalue weighted by Crippen LogP contribution is -1.84. The lowest BCUT2D eigenvalue weighted by molar-refractivity contribution is 0.629. The summed E-state index contributed by atoms with van der Waals surface area (Å²) in [5.74, 6) is 0. The number of aromatic nitrogens is 2. The molecule has 0 aliphatic heterocycles. The van der Waals surface area contributed by atoms with Gasteiger partial charge in [-0.15, -0.1) is 0 Å². The summed E-state index contributed by atoms with van der Waals surface area (Å²) in [6.45, 7) is 2.24. The smallest absolute Gasteiger partial charge is 0.0646 e. The van der Waals surface area contributed by atoms with Crippen molar-refractivity contribution in [2.45, 2.75) is 45.4 Å². The first-order valence-electron chi connectivity index (χ1n) is 4.78. The minimum absolute atomic E-state index is 0.459. The third kappa shape index (κ3) is 3.87. The molecule has 1 aromatic rings. The van der Waals surface area contributed by atoms with Gasteiger partial charge in [-0.05, 0) is 12.8 Å². The Labute approximate surface area is 76.0 Å². The van der Waals surface area contributed by atoms with Gasteiger partial charge in [0, 0.05) is 0 Å². The molecule has 0 aliphatic carbocycles. The predicted molar refractivity (Wildman–Crippen MR) is 54.0 cm³/mol. The standard InChI is InChI=1S/C9H17N2P/c1-2-3-4-5-6-7-9-8-10-12-11-9/h8,12H,2-7H2,1H3. The van der Waals surface area contributed by atoms with Crippen LogP contribution in [0.25, 0.3) is 0 Å². The maximum atomic E-state index is 4.28. The van der Waals surface area contributed by atoms with Crippen LogP contribution in [-0.4, -0.2) is 9.49 Å². The van der Waals surface area contributed by atoms with Gasteiger partial charge in [-0.25, -0.2) is 9.49 Å². The van der Waals surface area contributed by atoms with E-state index in [1.165, 1.54) is 37.8 Å². The molecular weight excluding hydrogens is 167 g/mol. The van der Waals surface area contributed by atoms with E-state index in [9.17, 15) is 0 Å². The Bertz CT molecular complexity index is 184. The molecule has 0 radical (unpaired) electrons. The number of unbranched alkanes of at least 4 members (excludes halogenated alkanes) is 4. The number of aryl methyl sites for hydroxylation is 1. The highest BCUT2D eigenvalue weighted by Gasteiger charge is 1.94. The highest BCUT2D eigenvalue weighted by atomic mass is 31.1. The van der Waals surface area contributed by atoms with E-state index in [1.54, 1.807) is 0 Å². The molecule has 0 spiro atoms. The zero-order valence-electron chi connectivity index (χ0n) is 7.71. The van der Waals surface area contributed by atoms with E-state index in [0.29, 0.717) is 8.51 Å². The van der Waals surface area contributed by atoms with Crippen LogP contribution in [-0.2, 0) is 6.42 Å². The van der Waals surface area contributed by atoms with Crippen molar-refractivity contribution in [2.24, 2.45) is 0 Å². The Morgan fingerprint density at radius 2 is 2.08 bits per heavy atom. The maximum absolute atomic E-state index is 4.28. The highest BCUT2D eigenvalue weighted by molar-refractivity contribution is 7.20. The molecule has 68 valence electrons. The normalized spacial score (nSPS) is 11.1. The average Bonchev–Trinajstić information content (AvgIpc) is 2.57. The molecule has 0 fully saturated rings. The quantitative estimate of drug-likeness (QED) is 0.635. The van der Waals surface area contributed by atoms with Gasteiger partial charge < -0.3 is 0 Å². The van der Waals surface area contributed by atoms with Crippen LogP contribution in [0.4, 0.5) is 0 Å². The Morgan fingerprint density at radius 3 is 2.75 bits per heavy atom. The van der Waals surface area contributed by atoms with Crippen LogP contribution in [0.2, 0.25) is 0 Å². The molecule has 1 rings (SSSR count). The number of hydrogen-bond acceptors (Lipinski definition) is 2. The summed E-state index contributed by atoms with van der Waals surface area (Å²) in [5, 5.41) is 0. The topological polar surface area (TPSA) is 25.8 Å². The van der Waals surface area contributed by atoms with E-state index >= 15 is 0 Å². The molecule has 0 amide bonds. The van der Waals surface area contributed by atoms with E-state index in [4.69, 9.17) is 0 Å². The van der Waals surface area contributed by atoms with Crippen LogP contribution in [0.3, 0.4) is 0 Å². The summed E-state index contributed by atoms with van der Waals surface area (Å²) in [7, 11) is 0.459.